The van der Waals surface area contributed by atoms with Gasteiger partial charge in [-0.1, -0.05) is 0 Å². The highest BCUT2D eigenvalue weighted by atomic mass is 19.3. The van der Waals surface area contributed by atoms with Crippen molar-refractivity contribution in [2.24, 2.45) is 0 Å². The van der Waals surface area contributed by atoms with Gasteiger partial charge in [0, 0.05) is 11.3 Å². The first-order chi connectivity index (χ1) is 5.70. The standard InChI is InChI=1S/C8H10F2N2/c1-4-6(5-2-3-5)7(8(9)10)12-11-4/h5,8H,2-3H2,1H3,(H,11,12). The molecule has 0 aliphatic heterocycles. The van der Waals surface area contributed by atoms with E-state index < -0.39 is 6.43 Å². The molecule has 0 saturated heterocycles. The molecular formula is C8H10F2N2. The molecule has 0 spiro atoms. The van der Waals surface area contributed by atoms with Gasteiger partial charge < -0.3 is 0 Å². The maximum atomic E-state index is 12.3. The molecule has 1 N–H and O–H groups in total. The van der Waals surface area contributed by atoms with E-state index in [4.69, 9.17) is 0 Å². The highest BCUT2D eigenvalue weighted by Crippen LogP contribution is 2.44. The molecule has 1 aromatic rings. The van der Waals surface area contributed by atoms with Gasteiger partial charge in [-0.15, -0.1) is 0 Å². The molecule has 0 amide bonds. The molecule has 1 aromatic heterocycles. The molecule has 4 heteroatoms. The number of hydrogen-bond acceptors (Lipinski definition) is 1. The van der Waals surface area contributed by atoms with Crippen molar-refractivity contribution < 1.29 is 8.78 Å². The fourth-order valence-corrected chi connectivity index (χ4v) is 1.51. The fraction of sp³-hybridized carbons (Fsp3) is 0.625. The van der Waals surface area contributed by atoms with Crippen LogP contribution in [0, 0.1) is 6.92 Å². The maximum Gasteiger partial charge on any atom is 0.282 e. The second-order valence-electron chi connectivity index (χ2n) is 3.22. The van der Waals surface area contributed by atoms with Crippen LogP contribution in [0.25, 0.3) is 0 Å². The minimum absolute atomic E-state index is 0.0463. The molecule has 2 nitrogen and oxygen atoms in total. The lowest BCUT2D eigenvalue weighted by Crippen LogP contribution is -1.90. The first-order valence-corrected chi connectivity index (χ1v) is 4.03. The molecule has 0 aromatic carbocycles. The van der Waals surface area contributed by atoms with Gasteiger partial charge in [0.25, 0.3) is 6.43 Å². The van der Waals surface area contributed by atoms with Crippen molar-refractivity contribution in [1.82, 2.24) is 10.2 Å². The number of halogens is 2. The lowest BCUT2D eigenvalue weighted by Gasteiger charge is -1.98. The Bertz CT molecular complexity index is 289. The number of aromatic nitrogens is 2. The second-order valence-corrected chi connectivity index (χ2v) is 3.22. The number of aromatic amines is 1. The fourth-order valence-electron chi connectivity index (χ4n) is 1.51. The van der Waals surface area contributed by atoms with E-state index in [0.717, 1.165) is 24.1 Å². The van der Waals surface area contributed by atoms with Crippen LogP contribution in [-0.4, -0.2) is 10.2 Å². The van der Waals surface area contributed by atoms with Crippen LogP contribution in [0.1, 0.15) is 42.1 Å². The largest absolute Gasteiger partial charge is 0.282 e. The van der Waals surface area contributed by atoms with Crippen LogP contribution in [0.5, 0.6) is 0 Å². The molecular weight excluding hydrogens is 162 g/mol. The number of H-pyrrole nitrogens is 1. The SMILES string of the molecule is Cc1[nH]nc(C(F)F)c1C1CC1. The van der Waals surface area contributed by atoms with Gasteiger partial charge in [0.05, 0.1) is 0 Å². The summed E-state index contributed by atoms with van der Waals surface area (Å²) in [4.78, 5) is 0. The van der Waals surface area contributed by atoms with E-state index in [1.165, 1.54) is 0 Å². The molecule has 1 aliphatic carbocycles. The number of alkyl halides is 2. The van der Waals surface area contributed by atoms with Gasteiger partial charge in [0.15, 0.2) is 0 Å². The minimum atomic E-state index is -2.44. The zero-order valence-corrected chi connectivity index (χ0v) is 6.77. The van der Waals surface area contributed by atoms with E-state index in [1.807, 2.05) is 0 Å². The number of nitrogens with zero attached hydrogens (tertiary/aromatic N) is 1. The quantitative estimate of drug-likeness (QED) is 0.729. The van der Waals surface area contributed by atoms with Crippen LogP contribution in [0.4, 0.5) is 8.78 Å². The van der Waals surface area contributed by atoms with Crippen molar-refractivity contribution >= 4 is 0 Å². The van der Waals surface area contributed by atoms with E-state index >= 15 is 0 Å². The summed E-state index contributed by atoms with van der Waals surface area (Å²) in [5, 5.41) is 6.21. The average molecular weight is 172 g/mol. The Morgan fingerprint density at radius 1 is 1.50 bits per heavy atom. The van der Waals surface area contributed by atoms with E-state index in [-0.39, 0.29) is 5.69 Å². The molecule has 0 unspecified atom stereocenters. The van der Waals surface area contributed by atoms with Gasteiger partial charge in [-0.2, -0.15) is 5.10 Å². The third kappa shape index (κ3) is 1.11. The third-order valence-corrected chi connectivity index (χ3v) is 2.22. The van der Waals surface area contributed by atoms with Crippen LogP contribution in [-0.2, 0) is 0 Å². The maximum absolute atomic E-state index is 12.3. The summed E-state index contributed by atoms with van der Waals surface area (Å²) < 4.78 is 24.7. The van der Waals surface area contributed by atoms with E-state index in [1.54, 1.807) is 6.92 Å². The lowest BCUT2D eigenvalue weighted by atomic mass is 10.1. The summed E-state index contributed by atoms with van der Waals surface area (Å²) >= 11 is 0. The Hall–Kier alpha value is -0.930. The van der Waals surface area contributed by atoms with Gasteiger partial charge in [-0.05, 0) is 25.7 Å². The van der Waals surface area contributed by atoms with Crippen molar-refractivity contribution in [2.45, 2.75) is 32.1 Å². The van der Waals surface area contributed by atoms with E-state index in [9.17, 15) is 8.78 Å². The molecule has 0 radical (unpaired) electrons. The molecule has 66 valence electrons. The van der Waals surface area contributed by atoms with Gasteiger partial charge in [-0.3, -0.25) is 5.10 Å². The Morgan fingerprint density at radius 3 is 2.67 bits per heavy atom. The molecule has 1 heterocycles. The summed E-state index contributed by atoms with van der Waals surface area (Å²) in [5.41, 5.74) is 1.51. The van der Waals surface area contributed by atoms with E-state index in [0.29, 0.717) is 5.92 Å². The van der Waals surface area contributed by atoms with E-state index in [2.05, 4.69) is 10.2 Å². The monoisotopic (exact) mass is 172 g/mol. The first-order valence-electron chi connectivity index (χ1n) is 4.03. The Kier molecular flexibility index (Phi) is 1.63. The molecule has 0 bridgehead atoms. The molecule has 2 rings (SSSR count). The Morgan fingerprint density at radius 2 is 2.17 bits per heavy atom. The van der Waals surface area contributed by atoms with Crippen LogP contribution in [0.15, 0.2) is 0 Å². The Labute approximate surface area is 69.0 Å². The zero-order chi connectivity index (χ0) is 8.72. The number of nitrogens with one attached hydrogen (secondary N) is 1. The first kappa shape index (κ1) is 7.71. The highest BCUT2D eigenvalue weighted by Gasteiger charge is 2.32. The smallest absolute Gasteiger partial charge is 0.282 e. The molecule has 12 heavy (non-hydrogen) atoms. The summed E-state index contributed by atoms with van der Waals surface area (Å²) in [6, 6.07) is 0. The lowest BCUT2D eigenvalue weighted by molar-refractivity contribution is 0.145. The van der Waals surface area contributed by atoms with Crippen LogP contribution in [0.2, 0.25) is 0 Å². The average Bonchev–Trinajstić information content (AvgIpc) is 2.75. The Balaban J connectivity index is 2.39. The molecule has 1 aliphatic rings. The summed E-state index contributed by atoms with van der Waals surface area (Å²) in [6.45, 7) is 1.80. The molecule has 1 fully saturated rings. The normalized spacial score (nSPS) is 17.3. The van der Waals surface area contributed by atoms with Crippen molar-refractivity contribution in [1.29, 1.82) is 0 Å². The molecule has 0 atom stereocenters. The number of hydrogen-bond donors (Lipinski definition) is 1. The summed E-state index contributed by atoms with van der Waals surface area (Å²) in [6.07, 6.45) is -0.384. The van der Waals surface area contributed by atoms with Crippen molar-refractivity contribution in [3.05, 3.63) is 17.0 Å². The van der Waals surface area contributed by atoms with Gasteiger partial charge in [-0.25, -0.2) is 8.78 Å². The van der Waals surface area contributed by atoms with Crippen LogP contribution < -0.4 is 0 Å². The minimum Gasteiger partial charge on any atom is -0.282 e. The van der Waals surface area contributed by atoms with Gasteiger partial charge >= 0.3 is 0 Å². The zero-order valence-electron chi connectivity index (χ0n) is 6.77. The van der Waals surface area contributed by atoms with Gasteiger partial charge in [0.1, 0.15) is 5.69 Å². The molecule has 1 saturated carbocycles. The topological polar surface area (TPSA) is 28.7 Å². The third-order valence-electron chi connectivity index (χ3n) is 2.22. The van der Waals surface area contributed by atoms with Crippen molar-refractivity contribution in [2.75, 3.05) is 0 Å². The van der Waals surface area contributed by atoms with Crippen LogP contribution in [0.3, 0.4) is 0 Å². The van der Waals surface area contributed by atoms with Crippen molar-refractivity contribution in [3.63, 3.8) is 0 Å². The summed E-state index contributed by atoms with van der Waals surface area (Å²) in [7, 11) is 0. The second kappa shape index (κ2) is 2.54. The summed E-state index contributed by atoms with van der Waals surface area (Å²) in [5.74, 6) is 0.341. The predicted octanol–water partition coefficient (Wildman–Crippen LogP) is 2.53. The number of rotatable bonds is 2. The highest BCUT2D eigenvalue weighted by molar-refractivity contribution is 5.32. The van der Waals surface area contributed by atoms with Crippen LogP contribution >= 0.6 is 0 Å². The van der Waals surface area contributed by atoms with Gasteiger partial charge in [0.2, 0.25) is 0 Å². The number of aryl methyl sites for hydroxylation is 1. The van der Waals surface area contributed by atoms with Crippen molar-refractivity contribution in [3.8, 4) is 0 Å². The predicted molar refractivity (Wildman–Crippen MR) is 40.3 cm³/mol.